The van der Waals surface area contributed by atoms with E-state index in [4.69, 9.17) is 10.2 Å². The molecule has 0 aliphatic rings. The van der Waals surface area contributed by atoms with Crippen molar-refractivity contribution in [2.24, 2.45) is 0 Å². The second kappa shape index (κ2) is 5.00. The van der Waals surface area contributed by atoms with Gasteiger partial charge in [-0.05, 0) is 12.1 Å². The lowest BCUT2D eigenvalue weighted by molar-refractivity contribution is -0.210. The maximum absolute atomic E-state index is 11.9. The van der Waals surface area contributed by atoms with Crippen molar-refractivity contribution in [1.82, 2.24) is 4.98 Å². The quantitative estimate of drug-likeness (QED) is 0.837. The van der Waals surface area contributed by atoms with Gasteiger partial charge in [0.05, 0.1) is 6.20 Å². The zero-order valence-corrected chi connectivity index (χ0v) is 8.31. The minimum Gasteiger partial charge on any atom is -0.489 e. The van der Waals surface area contributed by atoms with Crippen LogP contribution in [0.15, 0.2) is 18.3 Å². The Morgan fingerprint density at radius 1 is 1.47 bits per heavy atom. The number of aliphatic hydroxyl groups excluding tert-OH is 1. The highest BCUT2D eigenvalue weighted by molar-refractivity contribution is 5.85. The number of alkyl halides is 3. The molecular weight excluding hydrogens is 243 g/mol. The van der Waals surface area contributed by atoms with E-state index in [0.29, 0.717) is 0 Å². The predicted molar refractivity (Wildman–Crippen MR) is 48.8 cm³/mol. The fourth-order valence-corrected chi connectivity index (χ4v) is 0.862. The Labute approximate surface area is 93.5 Å². The van der Waals surface area contributed by atoms with E-state index in [-0.39, 0.29) is 11.4 Å². The van der Waals surface area contributed by atoms with Crippen LogP contribution in [-0.4, -0.2) is 40.1 Å². The number of halogens is 3. The summed E-state index contributed by atoms with van der Waals surface area (Å²) in [6, 6.07) is 2.23. The van der Waals surface area contributed by atoms with Crippen LogP contribution >= 0.6 is 0 Å². The lowest BCUT2D eigenvalue weighted by Gasteiger charge is -2.14. The lowest BCUT2D eigenvalue weighted by Crippen LogP contribution is -2.34. The number of hydrogen-bond donors (Lipinski definition) is 2. The van der Waals surface area contributed by atoms with E-state index in [1.54, 1.807) is 0 Å². The molecule has 1 unspecified atom stereocenters. The van der Waals surface area contributed by atoms with E-state index in [1.807, 2.05) is 0 Å². The molecule has 1 aromatic heterocycles. The minimum absolute atomic E-state index is 0.0571. The summed E-state index contributed by atoms with van der Waals surface area (Å²) in [5.74, 6) is -1.31. The van der Waals surface area contributed by atoms with E-state index in [1.165, 1.54) is 0 Å². The van der Waals surface area contributed by atoms with Gasteiger partial charge in [0.15, 0.2) is 6.10 Å². The molecule has 8 heteroatoms. The van der Waals surface area contributed by atoms with Crippen molar-refractivity contribution in [1.29, 1.82) is 0 Å². The van der Waals surface area contributed by atoms with Crippen molar-refractivity contribution in [3.05, 3.63) is 24.0 Å². The van der Waals surface area contributed by atoms with Crippen molar-refractivity contribution in [3.63, 3.8) is 0 Å². The number of carboxylic acid groups (broad SMARTS) is 1. The molecule has 0 aliphatic heterocycles. The van der Waals surface area contributed by atoms with E-state index < -0.39 is 24.9 Å². The first-order valence-corrected chi connectivity index (χ1v) is 4.37. The third-order valence-electron chi connectivity index (χ3n) is 1.74. The summed E-state index contributed by atoms with van der Waals surface area (Å²) in [5, 5.41) is 17.1. The van der Waals surface area contributed by atoms with Crippen LogP contribution in [0.1, 0.15) is 10.5 Å². The van der Waals surface area contributed by atoms with Gasteiger partial charge in [0.25, 0.3) is 0 Å². The molecular formula is C9H8F3NO4. The summed E-state index contributed by atoms with van der Waals surface area (Å²) in [6.07, 6.45) is -6.39. The first-order chi connectivity index (χ1) is 7.80. The van der Waals surface area contributed by atoms with Crippen LogP contribution in [0.2, 0.25) is 0 Å². The van der Waals surface area contributed by atoms with Crippen molar-refractivity contribution >= 4 is 5.97 Å². The van der Waals surface area contributed by atoms with Gasteiger partial charge in [-0.1, -0.05) is 0 Å². The highest BCUT2D eigenvalue weighted by Crippen LogP contribution is 2.21. The molecule has 2 N–H and O–H groups in total. The molecule has 0 spiro atoms. The number of aromatic carboxylic acids is 1. The van der Waals surface area contributed by atoms with Gasteiger partial charge in [0.2, 0.25) is 0 Å². The molecule has 94 valence electrons. The van der Waals surface area contributed by atoms with Crippen LogP contribution in [0.5, 0.6) is 5.75 Å². The van der Waals surface area contributed by atoms with Crippen molar-refractivity contribution in [2.75, 3.05) is 6.61 Å². The smallest absolute Gasteiger partial charge is 0.417 e. The molecule has 5 nitrogen and oxygen atoms in total. The topological polar surface area (TPSA) is 79.7 Å². The fourth-order valence-electron chi connectivity index (χ4n) is 0.862. The molecule has 1 atom stereocenters. The van der Waals surface area contributed by atoms with Crippen LogP contribution in [-0.2, 0) is 0 Å². The molecule has 1 aromatic rings. The van der Waals surface area contributed by atoms with Gasteiger partial charge in [0, 0.05) is 0 Å². The van der Waals surface area contributed by atoms with E-state index >= 15 is 0 Å². The average Bonchev–Trinajstić information content (AvgIpc) is 2.25. The second-order valence-corrected chi connectivity index (χ2v) is 3.05. The minimum atomic E-state index is -4.76. The average molecular weight is 251 g/mol. The first kappa shape index (κ1) is 13.2. The van der Waals surface area contributed by atoms with Crippen LogP contribution in [0.4, 0.5) is 13.2 Å². The maximum atomic E-state index is 11.9. The number of rotatable bonds is 4. The Hall–Kier alpha value is -1.83. The standard InChI is InChI=1S/C9H8F3NO4/c10-9(11,12)7(14)4-17-5-1-2-6(8(15)16)13-3-5/h1-3,7,14H,4H2,(H,15,16). The predicted octanol–water partition coefficient (Wildman–Crippen LogP) is 1.08. The largest absolute Gasteiger partial charge is 0.489 e. The molecule has 0 bridgehead atoms. The van der Waals surface area contributed by atoms with Crippen molar-refractivity contribution in [3.8, 4) is 5.75 Å². The summed E-state index contributed by atoms with van der Waals surface area (Å²) >= 11 is 0. The number of hydrogen-bond acceptors (Lipinski definition) is 4. The maximum Gasteiger partial charge on any atom is 0.417 e. The monoisotopic (exact) mass is 251 g/mol. The Balaban J connectivity index is 2.56. The summed E-state index contributed by atoms with van der Waals surface area (Å²) in [7, 11) is 0. The Morgan fingerprint density at radius 2 is 2.12 bits per heavy atom. The molecule has 1 heterocycles. The van der Waals surface area contributed by atoms with Gasteiger partial charge >= 0.3 is 12.1 Å². The normalized spacial score (nSPS) is 13.2. The molecule has 17 heavy (non-hydrogen) atoms. The molecule has 0 aliphatic carbocycles. The third-order valence-corrected chi connectivity index (χ3v) is 1.74. The van der Waals surface area contributed by atoms with Crippen LogP contribution < -0.4 is 4.74 Å². The molecule has 1 rings (SSSR count). The number of ether oxygens (including phenoxy) is 1. The number of pyridine rings is 1. The van der Waals surface area contributed by atoms with Crippen molar-refractivity contribution in [2.45, 2.75) is 12.3 Å². The van der Waals surface area contributed by atoms with Gasteiger partial charge in [-0.3, -0.25) is 0 Å². The van der Waals surface area contributed by atoms with Crippen molar-refractivity contribution < 1.29 is 32.9 Å². The summed E-state index contributed by atoms with van der Waals surface area (Å²) in [5.41, 5.74) is -0.256. The van der Waals surface area contributed by atoms with E-state index in [2.05, 4.69) is 9.72 Å². The number of carboxylic acids is 1. The summed E-state index contributed by atoms with van der Waals surface area (Å²) in [6.45, 7) is -0.975. The molecule has 0 aromatic carbocycles. The second-order valence-electron chi connectivity index (χ2n) is 3.05. The summed E-state index contributed by atoms with van der Waals surface area (Å²) < 4.78 is 40.3. The highest BCUT2D eigenvalue weighted by atomic mass is 19.4. The summed E-state index contributed by atoms with van der Waals surface area (Å²) in [4.78, 5) is 13.8. The van der Waals surface area contributed by atoms with Gasteiger partial charge in [-0.15, -0.1) is 0 Å². The van der Waals surface area contributed by atoms with Crippen LogP contribution in [0, 0.1) is 0 Å². The van der Waals surface area contributed by atoms with Crippen LogP contribution in [0.25, 0.3) is 0 Å². The molecule has 0 radical (unpaired) electrons. The molecule has 0 saturated heterocycles. The molecule has 0 fully saturated rings. The van der Waals surface area contributed by atoms with Crippen LogP contribution in [0.3, 0.4) is 0 Å². The number of carbonyl (C=O) groups is 1. The van der Waals surface area contributed by atoms with Gasteiger partial charge < -0.3 is 14.9 Å². The third kappa shape index (κ3) is 3.91. The Morgan fingerprint density at radius 3 is 2.53 bits per heavy atom. The van der Waals surface area contributed by atoms with Gasteiger partial charge in [-0.2, -0.15) is 13.2 Å². The molecule has 0 amide bonds. The Bertz CT molecular complexity index is 390. The fraction of sp³-hybridized carbons (Fsp3) is 0.333. The highest BCUT2D eigenvalue weighted by Gasteiger charge is 2.38. The van der Waals surface area contributed by atoms with Gasteiger partial charge in [-0.25, -0.2) is 9.78 Å². The van der Waals surface area contributed by atoms with E-state index in [0.717, 1.165) is 18.3 Å². The number of nitrogens with zero attached hydrogens (tertiary/aromatic N) is 1. The van der Waals surface area contributed by atoms with E-state index in [9.17, 15) is 18.0 Å². The molecule has 0 saturated carbocycles. The number of aliphatic hydroxyl groups is 1. The first-order valence-electron chi connectivity index (χ1n) is 4.37. The zero-order valence-electron chi connectivity index (χ0n) is 8.31. The lowest BCUT2D eigenvalue weighted by atomic mass is 10.3. The zero-order chi connectivity index (χ0) is 13.1. The SMILES string of the molecule is O=C(O)c1ccc(OCC(O)C(F)(F)F)cn1. The Kier molecular flexibility index (Phi) is 3.89. The van der Waals surface area contributed by atoms with Gasteiger partial charge in [0.1, 0.15) is 18.1 Å². The number of aromatic nitrogens is 1.